The number of hydrogen-bond donors (Lipinski definition) is 1. The van der Waals surface area contributed by atoms with Crippen LogP contribution in [0.25, 0.3) is 0 Å². The van der Waals surface area contributed by atoms with Gasteiger partial charge in [0, 0.05) is 25.2 Å². The van der Waals surface area contributed by atoms with Gasteiger partial charge in [-0.05, 0) is 37.5 Å². The van der Waals surface area contributed by atoms with Gasteiger partial charge in [0.25, 0.3) is 5.91 Å². The molecule has 1 aromatic rings. The number of nitrogens with zero attached hydrogens (tertiary/aromatic N) is 1. The van der Waals surface area contributed by atoms with E-state index < -0.39 is 10.0 Å². The Morgan fingerprint density at radius 2 is 2.00 bits per heavy atom. The highest BCUT2D eigenvalue weighted by atomic mass is 32.2. The molecule has 0 bridgehead atoms. The molecular weight excluding hydrogens is 300 g/mol. The van der Waals surface area contributed by atoms with E-state index in [1.807, 2.05) is 0 Å². The Morgan fingerprint density at radius 3 is 2.64 bits per heavy atom. The summed E-state index contributed by atoms with van der Waals surface area (Å²) in [4.78, 5) is 12.2. The van der Waals surface area contributed by atoms with Gasteiger partial charge in [0.15, 0.2) is 0 Å². The lowest BCUT2D eigenvalue weighted by Gasteiger charge is -2.26. The molecule has 0 unspecified atom stereocenters. The highest BCUT2D eigenvalue weighted by Crippen LogP contribution is 2.24. The molecule has 2 rings (SSSR count). The first kappa shape index (κ1) is 16.7. The molecule has 0 saturated carbocycles. The molecule has 22 heavy (non-hydrogen) atoms. The van der Waals surface area contributed by atoms with Gasteiger partial charge in [0.05, 0.1) is 4.90 Å². The van der Waals surface area contributed by atoms with Gasteiger partial charge < -0.3 is 5.32 Å². The zero-order valence-corrected chi connectivity index (χ0v) is 13.7. The molecule has 6 heteroatoms. The second-order valence-corrected chi connectivity index (χ2v) is 7.35. The van der Waals surface area contributed by atoms with Crippen molar-refractivity contribution in [3.8, 4) is 0 Å². The molecule has 1 aliphatic heterocycles. The number of sulfonamides is 1. The van der Waals surface area contributed by atoms with Gasteiger partial charge in [-0.15, -0.1) is 6.58 Å². The van der Waals surface area contributed by atoms with Crippen molar-refractivity contribution in [3.05, 3.63) is 42.0 Å². The molecule has 0 radical (unpaired) electrons. The lowest BCUT2D eigenvalue weighted by Crippen LogP contribution is -2.36. The van der Waals surface area contributed by atoms with Crippen molar-refractivity contribution in [2.24, 2.45) is 0 Å². The van der Waals surface area contributed by atoms with Crippen molar-refractivity contribution in [3.63, 3.8) is 0 Å². The molecule has 5 nitrogen and oxygen atoms in total. The largest absolute Gasteiger partial charge is 0.349 e. The fourth-order valence-corrected chi connectivity index (χ4v) is 4.30. The third-order valence-electron chi connectivity index (χ3n) is 3.79. The van der Waals surface area contributed by atoms with E-state index in [4.69, 9.17) is 0 Å². The number of aryl methyl sites for hydroxylation is 1. The van der Waals surface area contributed by atoms with E-state index in [0.717, 1.165) is 19.3 Å². The number of nitrogens with one attached hydrogen (secondary N) is 1. The fourth-order valence-electron chi connectivity index (χ4n) is 2.53. The first-order valence-electron chi connectivity index (χ1n) is 7.46. The minimum absolute atomic E-state index is 0.223. The van der Waals surface area contributed by atoms with Crippen LogP contribution < -0.4 is 5.32 Å². The minimum Gasteiger partial charge on any atom is -0.349 e. The van der Waals surface area contributed by atoms with E-state index >= 15 is 0 Å². The van der Waals surface area contributed by atoms with Crippen LogP contribution in [0, 0.1) is 6.92 Å². The number of amides is 1. The standard InChI is InChI=1S/C16H22N2O3S/c1-3-9-17-16(19)14-8-7-13(2)15(12-14)22(20,21)18-10-5-4-6-11-18/h3,7-8,12H,1,4-6,9-11H2,2H3,(H,17,19). The van der Waals surface area contributed by atoms with Crippen LogP contribution in [0.4, 0.5) is 0 Å². The summed E-state index contributed by atoms with van der Waals surface area (Å²) in [6.07, 6.45) is 4.42. The Kier molecular flexibility index (Phi) is 5.37. The molecule has 120 valence electrons. The lowest BCUT2D eigenvalue weighted by atomic mass is 10.1. The van der Waals surface area contributed by atoms with Gasteiger partial charge in [-0.25, -0.2) is 8.42 Å². The molecule has 1 aromatic carbocycles. The summed E-state index contributed by atoms with van der Waals surface area (Å²) < 4.78 is 27.1. The van der Waals surface area contributed by atoms with Crippen molar-refractivity contribution < 1.29 is 13.2 Å². The maximum Gasteiger partial charge on any atom is 0.251 e. The highest BCUT2D eigenvalue weighted by Gasteiger charge is 2.28. The summed E-state index contributed by atoms with van der Waals surface area (Å²) in [7, 11) is -3.54. The molecule has 0 atom stereocenters. The second-order valence-electron chi connectivity index (χ2n) is 5.44. The molecular formula is C16H22N2O3S. The third-order valence-corrected chi connectivity index (χ3v) is 5.83. The Hall–Kier alpha value is -1.66. The van der Waals surface area contributed by atoms with Crippen LogP contribution in [0.1, 0.15) is 35.2 Å². The average molecular weight is 322 g/mol. The molecule has 1 fully saturated rings. The molecule has 1 amide bonds. The Balaban J connectivity index is 2.33. The van der Waals surface area contributed by atoms with Crippen LogP contribution in [0.5, 0.6) is 0 Å². The van der Waals surface area contributed by atoms with Gasteiger partial charge in [0.1, 0.15) is 0 Å². The average Bonchev–Trinajstić information content (AvgIpc) is 2.53. The Bertz CT molecular complexity index is 662. The van der Waals surface area contributed by atoms with Crippen molar-refractivity contribution in [1.82, 2.24) is 9.62 Å². The molecule has 0 spiro atoms. The van der Waals surface area contributed by atoms with E-state index in [9.17, 15) is 13.2 Å². The molecule has 1 N–H and O–H groups in total. The van der Waals surface area contributed by atoms with Gasteiger partial charge in [-0.2, -0.15) is 4.31 Å². The predicted molar refractivity (Wildman–Crippen MR) is 86.3 cm³/mol. The predicted octanol–water partition coefficient (Wildman–Crippen LogP) is 2.09. The normalized spacial score (nSPS) is 16.2. The number of rotatable bonds is 5. The monoisotopic (exact) mass is 322 g/mol. The summed E-state index contributed by atoms with van der Waals surface area (Å²) in [5.41, 5.74) is 1.01. The SMILES string of the molecule is C=CCNC(=O)c1ccc(C)c(S(=O)(=O)N2CCCCC2)c1. The van der Waals surface area contributed by atoms with E-state index in [0.29, 0.717) is 30.8 Å². The van der Waals surface area contributed by atoms with Crippen LogP contribution in [-0.4, -0.2) is 38.3 Å². The summed E-state index contributed by atoms with van der Waals surface area (Å²) in [6, 6.07) is 4.79. The summed E-state index contributed by atoms with van der Waals surface area (Å²) in [5, 5.41) is 2.66. The topological polar surface area (TPSA) is 66.5 Å². The van der Waals surface area contributed by atoms with E-state index in [1.165, 1.54) is 10.4 Å². The van der Waals surface area contributed by atoms with Crippen LogP contribution in [0.2, 0.25) is 0 Å². The van der Waals surface area contributed by atoms with Gasteiger partial charge in [-0.1, -0.05) is 18.6 Å². The Morgan fingerprint density at radius 1 is 1.32 bits per heavy atom. The van der Waals surface area contributed by atoms with Crippen molar-refractivity contribution in [2.75, 3.05) is 19.6 Å². The first-order chi connectivity index (χ1) is 10.5. The van der Waals surface area contributed by atoms with Crippen LogP contribution >= 0.6 is 0 Å². The zero-order valence-electron chi connectivity index (χ0n) is 12.8. The number of benzene rings is 1. The van der Waals surface area contributed by atoms with Crippen molar-refractivity contribution in [1.29, 1.82) is 0 Å². The molecule has 1 heterocycles. The van der Waals surface area contributed by atoms with Gasteiger partial charge in [-0.3, -0.25) is 4.79 Å². The highest BCUT2D eigenvalue weighted by molar-refractivity contribution is 7.89. The lowest BCUT2D eigenvalue weighted by molar-refractivity contribution is 0.0958. The van der Waals surface area contributed by atoms with E-state index in [-0.39, 0.29) is 10.8 Å². The first-order valence-corrected chi connectivity index (χ1v) is 8.90. The quantitative estimate of drug-likeness (QED) is 0.844. The number of carbonyl (C=O) groups excluding carboxylic acids is 1. The van der Waals surface area contributed by atoms with Crippen LogP contribution in [-0.2, 0) is 10.0 Å². The summed E-state index contributed by atoms with van der Waals surface area (Å²) in [6.45, 7) is 6.74. The van der Waals surface area contributed by atoms with E-state index in [1.54, 1.807) is 25.1 Å². The maximum atomic E-state index is 12.8. The number of carbonyl (C=O) groups is 1. The van der Waals surface area contributed by atoms with Crippen molar-refractivity contribution >= 4 is 15.9 Å². The minimum atomic E-state index is -3.54. The molecule has 0 aliphatic carbocycles. The van der Waals surface area contributed by atoms with E-state index in [2.05, 4.69) is 11.9 Å². The Labute approximate surface area is 132 Å². The number of piperidine rings is 1. The molecule has 1 aliphatic rings. The van der Waals surface area contributed by atoms with Gasteiger partial charge >= 0.3 is 0 Å². The fraction of sp³-hybridized carbons (Fsp3) is 0.438. The third kappa shape index (κ3) is 3.56. The van der Waals surface area contributed by atoms with Gasteiger partial charge in [0.2, 0.25) is 10.0 Å². The zero-order chi connectivity index (χ0) is 16.2. The van der Waals surface area contributed by atoms with Crippen molar-refractivity contribution in [2.45, 2.75) is 31.1 Å². The summed E-state index contributed by atoms with van der Waals surface area (Å²) >= 11 is 0. The molecule has 0 aromatic heterocycles. The van der Waals surface area contributed by atoms with Crippen LogP contribution in [0.3, 0.4) is 0 Å². The smallest absolute Gasteiger partial charge is 0.251 e. The maximum absolute atomic E-state index is 12.8. The summed E-state index contributed by atoms with van der Waals surface area (Å²) in [5.74, 6) is -0.296. The van der Waals surface area contributed by atoms with Crippen LogP contribution in [0.15, 0.2) is 35.7 Å². The number of hydrogen-bond acceptors (Lipinski definition) is 3. The second kappa shape index (κ2) is 7.07. The molecule has 1 saturated heterocycles.